The van der Waals surface area contributed by atoms with E-state index in [1.54, 1.807) is 24.7 Å². The van der Waals surface area contributed by atoms with E-state index in [-0.39, 0.29) is 17.9 Å². The Morgan fingerprint density at radius 1 is 1.44 bits per heavy atom. The number of rotatable bonds is 5. The van der Waals surface area contributed by atoms with Gasteiger partial charge in [0, 0.05) is 6.20 Å². The van der Waals surface area contributed by atoms with Gasteiger partial charge in [0.25, 0.3) is 0 Å². The van der Waals surface area contributed by atoms with Crippen molar-refractivity contribution in [2.24, 2.45) is 5.92 Å². The van der Waals surface area contributed by atoms with Gasteiger partial charge in [-0.3, -0.25) is 9.48 Å². The summed E-state index contributed by atoms with van der Waals surface area (Å²) in [6, 6.07) is -0.194. The first-order chi connectivity index (χ1) is 8.51. The molecule has 2 unspecified atom stereocenters. The van der Waals surface area contributed by atoms with Gasteiger partial charge in [0.2, 0.25) is 0 Å². The maximum absolute atomic E-state index is 11.5. The zero-order valence-electron chi connectivity index (χ0n) is 11.0. The van der Waals surface area contributed by atoms with Gasteiger partial charge >= 0.3 is 11.9 Å². The van der Waals surface area contributed by atoms with Gasteiger partial charge in [-0.05, 0) is 20.8 Å². The fraction of sp³-hybridized carbons (Fsp3) is 0.583. The highest BCUT2D eigenvalue weighted by Crippen LogP contribution is 2.18. The third-order valence-corrected chi connectivity index (χ3v) is 2.83. The van der Waals surface area contributed by atoms with E-state index in [1.165, 1.54) is 13.3 Å². The molecular weight excluding hydrogens is 236 g/mol. The van der Waals surface area contributed by atoms with Gasteiger partial charge in [-0.1, -0.05) is 0 Å². The molecule has 100 valence electrons. The van der Waals surface area contributed by atoms with E-state index in [4.69, 9.17) is 4.74 Å². The van der Waals surface area contributed by atoms with Crippen molar-refractivity contribution in [3.05, 3.63) is 18.0 Å². The van der Waals surface area contributed by atoms with Gasteiger partial charge in [-0.15, -0.1) is 0 Å². The minimum Gasteiger partial charge on any atom is -0.469 e. The third kappa shape index (κ3) is 3.09. The van der Waals surface area contributed by atoms with Crippen LogP contribution in [0.1, 0.15) is 37.2 Å². The number of aromatic nitrogens is 2. The lowest BCUT2D eigenvalue weighted by Crippen LogP contribution is -2.23. The number of methoxy groups -OCH3 is 1. The van der Waals surface area contributed by atoms with Gasteiger partial charge in [0.05, 0.1) is 37.4 Å². The number of esters is 2. The monoisotopic (exact) mass is 254 g/mol. The Hall–Kier alpha value is -1.85. The Balaban J connectivity index is 2.79. The van der Waals surface area contributed by atoms with Crippen LogP contribution in [-0.4, -0.2) is 35.4 Å². The number of nitrogens with zero attached hydrogens (tertiary/aromatic N) is 2. The second kappa shape index (κ2) is 6.18. The largest absolute Gasteiger partial charge is 0.469 e. The summed E-state index contributed by atoms with van der Waals surface area (Å²) >= 11 is 0. The SMILES string of the molecule is CCOC(=O)c1cnn(C(C)C(C)C(=O)OC)c1. The Morgan fingerprint density at radius 3 is 2.67 bits per heavy atom. The van der Waals surface area contributed by atoms with Crippen LogP contribution >= 0.6 is 0 Å². The van der Waals surface area contributed by atoms with E-state index in [1.807, 2.05) is 6.92 Å². The molecule has 1 rings (SSSR count). The lowest BCUT2D eigenvalue weighted by Gasteiger charge is -2.17. The van der Waals surface area contributed by atoms with E-state index in [0.717, 1.165) is 0 Å². The van der Waals surface area contributed by atoms with Crippen LogP contribution in [-0.2, 0) is 14.3 Å². The minimum absolute atomic E-state index is 0.194. The number of hydrogen-bond acceptors (Lipinski definition) is 5. The summed E-state index contributed by atoms with van der Waals surface area (Å²) in [5.74, 6) is -1.07. The second-order valence-corrected chi connectivity index (χ2v) is 3.98. The van der Waals surface area contributed by atoms with Crippen molar-refractivity contribution < 1.29 is 19.1 Å². The summed E-state index contributed by atoms with van der Waals surface area (Å²) in [7, 11) is 1.35. The fourth-order valence-corrected chi connectivity index (χ4v) is 1.49. The molecular formula is C12H18N2O4. The molecule has 6 heteroatoms. The van der Waals surface area contributed by atoms with Crippen LogP contribution < -0.4 is 0 Å². The molecule has 0 saturated heterocycles. The summed E-state index contributed by atoms with van der Waals surface area (Å²) < 4.78 is 11.1. The zero-order valence-corrected chi connectivity index (χ0v) is 11.0. The molecule has 0 aliphatic heterocycles. The Kier molecular flexibility index (Phi) is 4.88. The van der Waals surface area contributed by atoms with Crippen molar-refractivity contribution in [2.75, 3.05) is 13.7 Å². The zero-order chi connectivity index (χ0) is 13.7. The van der Waals surface area contributed by atoms with E-state index in [2.05, 4.69) is 9.84 Å². The molecule has 0 amide bonds. The molecule has 0 radical (unpaired) electrons. The van der Waals surface area contributed by atoms with Crippen molar-refractivity contribution in [3.8, 4) is 0 Å². The summed E-state index contributed by atoms with van der Waals surface area (Å²) in [5, 5.41) is 4.07. The number of carbonyl (C=O) groups excluding carboxylic acids is 2. The minimum atomic E-state index is -0.415. The standard InChI is InChI=1S/C12H18N2O4/c1-5-18-12(16)10-6-13-14(7-10)9(3)8(2)11(15)17-4/h6-9H,5H2,1-4H3. The molecule has 0 N–H and O–H groups in total. The molecule has 0 aliphatic rings. The quantitative estimate of drug-likeness (QED) is 0.743. The highest BCUT2D eigenvalue weighted by atomic mass is 16.5. The summed E-state index contributed by atoms with van der Waals surface area (Å²) in [5.41, 5.74) is 0.376. The average Bonchev–Trinajstić information content (AvgIpc) is 2.86. The molecule has 1 aromatic rings. The first-order valence-corrected chi connectivity index (χ1v) is 5.80. The molecule has 18 heavy (non-hydrogen) atoms. The van der Waals surface area contributed by atoms with Gasteiger partial charge in [-0.2, -0.15) is 5.10 Å². The fourth-order valence-electron chi connectivity index (χ4n) is 1.49. The van der Waals surface area contributed by atoms with Crippen molar-refractivity contribution in [1.29, 1.82) is 0 Å². The topological polar surface area (TPSA) is 70.4 Å². The average molecular weight is 254 g/mol. The molecule has 0 spiro atoms. The molecule has 0 aliphatic carbocycles. The van der Waals surface area contributed by atoms with Crippen molar-refractivity contribution in [2.45, 2.75) is 26.8 Å². The van der Waals surface area contributed by atoms with Gasteiger partial charge in [0.15, 0.2) is 0 Å². The third-order valence-electron chi connectivity index (χ3n) is 2.83. The molecule has 2 atom stereocenters. The summed E-state index contributed by atoms with van der Waals surface area (Å²) in [4.78, 5) is 22.9. The van der Waals surface area contributed by atoms with Crippen LogP contribution in [0.3, 0.4) is 0 Å². The number of ether oxygens (including phenoxy) is 2. The van der Waals surface area contributed by atoms with Gasteiger partial charge in [0.1, 0.15) is 0 Å². The predicted octanol–water partition coefficient (Wildman–Crippen LogP) is 1.43. The smallest absolute Gasteiger partial charge is 0.341 e. The molecule has 0 aromatic carbocycles. The molecule has 0 fully saturated rings. The summed E-state index contributed by atoms with van der Waals surface area (Å²) in [6.45, 7) is 5.65. The highest BCUT2D eigenvalue weighted by Gasteiger charge is 2.23. The lowest BCUT2D eigenvalue weighted by atomic mass is 10.0. The molecule has 0 bridgehead atoms. The molecule has 1 aromatic heterocycles. The van der Waals surface area contributed by atoms with E-state index in [0.29, 0.717) is 12.2 Å². The maximum atomic E-state index is 11.5. The van der Waals surface area contributed by atoms with E-state index < -0.39 is 5.97 Å². The van der Waals surface area contributed by atoms with Crippen LogP contribution in [0, 0.1) is 5.92 Å². The molecule has 6 nitrogen and oxygen atoms in total. The lowest BCUT2D eigenvalue weighted by molar-refractivity contribution is -0.146. The van der Waals surface area contributed by atoms with Crippen molar-refractivity contribution >= 4 is 11.9 Å². The Labute approximate surface area is 106 Å². The van der Waals surface area contributed by atoms with Gasteiger partial charge < -0.3 is 9.47 Å². The van der Waals surface area contributed by atoms with Crippen LogP contribution in [0.25, 0.3) is 0 Å². The normalized spacial score (nSPS) is 13.8. The number of carbonyl (C=O) groups is 2. The van der Waals surface area contributed by atoms with Crippen LogP contribution in [0.5, 0.6) is 0 Å². The van der Waals surface area contributed by atoms with E-state index >= 15 is 0 Å². The maximum Gasteiger partial charge on any atom is 0.341 e. The van der Waals surface area contributed by atoms with Crippen LogP contribution in [0.15, 0.2) is 12.4 Å². The molecule has 0 saturated carbocycles. The molecule has 1 heterocycles. The van der Waals surface area contributed by atoms with Crippen LogP contribution in [0.4, 0.5) is 0 Å². The second-order valence-electron chi connectivity index (χ2n) is 3.98. The summed E-state index contributed by atoms with van der Waals surface area (Å²) in [6.07, 6.45) is 3.00. The first kappa shape index (κ1) is 14.2. The van der Waals surface area contributed by atoms with Crippen molar-refractivity contribution in [1.82, 2.24) is 9.78 Å². The van der Waals surface area contributed by atoms with E-state index in [9.17, 15) is 9.59 Å². The predicted molar refractivity (Wildman–Crippen MR) is 64.1 cm³/mol. The highest BCUT2D eigenvalue weighted by molar-refractivity contribution is 5.88. The van der Waals surface area contributed by atoms with Gasteiger partial charge in [-0.25, -0.2) is 4.79 Å². The van der Waals surface area contributed by atoms with Crippen LogP contribution in [0.2, 0.25) is 0 Å². The Morgan fingerprint density at radius 2 is 2.11 bits per heavy atom. The number of hydrogen-bond donors (Lipinski definition) is 0. The Bertz CT molecular complexity index is 427. The van der Waals surface area contributed by atoms with Crippen molar-refractivity contribution in [3.63, 3.8) is 0 Å². The first-order valence-electron chi connectivity index (χ1n) is 5.80.